The predicted octanol–water partition coefficient (Wildman–Crippen LogP) is 3.85. The van der Waals surface area contributed by atoms with E-state index in [0.717, 1.165) is 0 Å². The van der Waals surface area contributed by atoms with E-state index in [2.05, 4.69) is 0 Å². The van der Waals surface area contributed by atoms with Crippen molar-refractivity contribution >= 4 is 23.1 Å². The summed E-state index contributed by atoms with van der Waals surface area (Å²) in [7, 11) is 2.82. The summed E-state index contributed by atoms with van der Waals surface area (Å²) in [5, 5.41) is 21.5. The molecule has 9 nitrogen and oxygen atoms in total. The zero-order valence-corrected chi connectivity index (χ0v) is 17.7. The van der Waals surface area contributed by atoms with Gasteiger partial charge in [-0.25, -0.2) is 0 Å². The van der Waals surface area contributed by atoms with Crippen molar-refractivity contribution in [1.82, 2.24) is 0 Å². The summed E-state index contributed by atoms with van der Waals surface area (Å²) in [6.07, 6.45) is 1.44. The molecule has 1 aliphatic heterocycles. The number of ether oxygens (including phenoxy) is 2. The van der Waals surface area contributed by atoms with E-state index in [9.17, 15) is 24.8 Å². The Bertz CT molecular complexity index is 1130. The van der Waals surface area contributed by atoms with E-state index >= 15 is 0 Å². The fraction of sp³-hybridized carbons (Fsp3) is 0.304. The molecule has 1 unspecified atom stereocenters. The van der Waals surface area contributed by atoms with Gasteiger partial charge in [0.25, 0.3) is 5.69 Å². The molecule has 1 atom stereocenters. The van der Waals surface area contributed by atoms with Crippen molar-refractivity contribution in [2.45, 2.75) is 31.6 Å². The first kappa shape index (κ1) is 21.4. The second kappa shape index (κ2) is 8.33. The van der Waals surface area contributed by atoms with Crippen molar-refractivity contribution in [3.63, 3.8) is 0 Å². The third-order valence-electron chi connectivity index (χ3n) is 5.88. The van der Waals surface area contributed by atoms with Gasteiger partial charge in [0.15, 0.2) is 17.3 Å². The molecule has 1 heterocycles. The standard InChI is InChI=1S/C23H22N2O7/c1-31-19-9-13(10-20(32-2)23(19)28)16-12-21(27)24(17-7-4-8-18(26)22(16)17)14-5-3-6-15(11-14)25(29)30/h3,5-6,9-11,16,28H,4,7-8,12H2,1-2H3. The molecule has 166 valence electrons. The number of hydrogen-bond acceptors (Lipinski definition) is 7. The van der Waals surface area contributed by atoms with Crippen molar-refractivity contribution in [2.75, 3.05) is 19.1 Å². The molecule has 0 fully saturated rings. The summed E-state index contributed by atoms with van der Waals surface area (Å²) >= 11 is 0. The number of hydrogen-bond donors (Lipinski definition) is 1. The van der Waals surface area contributed by atoms with Crippen LogP contribution in [0, 0.1) is 10.1 Å². The number of nitrogens with zero attached hydrogens (tertiary/aromatic N) is 2. The van der Waals surface area contributed by atoms with Crippen LogP contribution in [-0.4, -0.2) is 35.9 Å². The number of carbonyl (C=O) groups excluding carboxylic acids is 2. The zero-order chi connectivity index (χ0) is 23.0. The van der Waals surface area contributed by atoms with Gasteiger partial charge in [-0.1, -0.05) is 6.07 Å². The number of ketones is 1. The molecule has 2 aromatic carbocycles. The smallest absolute Gasteiger partial charge is 0.271 e. The lowest BCUT2D eigenvalue weighted by atomic mass is 9.77. The molecule has 32 heavy (non-hydrogen) atoms. The molecule has 1 amide bonds. The molecule has 1 aliphatic carbocycles. The van der Waals surface area contributed by atoms with E-state index in [1.54, 1.807) is 18.2 Å². The van der Waals surface area contributed by atoms with Crippen LogP contribution >= 0.6 is 0 Å². The van der Waals surface area contributed by atoms with Crippen LogP contribution in [0.3, 0.4) is 0 Å². The van der Waals surface area contributed by atoms with E-state index in [0.29, 0.717) is 41.8 Å². The lowest BCUT2D eigenvalue weighted by Gasteiger charge is -2.38. The summed E-state index contributed by atoms with van der Waals surface area (Å²) < 4.78 is 10.5. The van der Waals surface area contributed by atoms with Crippen LogP contribution in [-0.2, 0) is 9.59 Å². The minimum atomic E-state index is -0.538. The second-order valence-electron chi connectivity index (χ2n) is 7.67. The lowest BCUT2D eigenvalue weighted by Crippen LogP contribution is -2.40. The lowest BCUT2D eigenvalue weighted by molar-refractivity contribution is -0.384. The molecule has 2 aliphatic rings. The topological polar surface area (TPSA) is 119 Å². The number of amides is 1. The number of methoxy groups -OCH3 is 2. The second-order valence-corrected chi connectivity index (χ2v) is 7.67. The number of non-ortho nitro benzene ring substituents is 1. The molecule has 2 aromatic rings. The molecule has 0 saturated heterocycles. The molecular weight excluding hydrogens is 416 g/mol. The van der Waals surface area contributed by atoms with Gasteiger partial charge in [0.2, 0.25) is 11.7 Å². The largest absolute Gasteiger partial charge is 0.502 e. The Morgan fingerprint density at radius 2 is 1.78 bits per heavy atom. The Labute approximate surface area is 184 Å². The number of aromatic hydroxyl groups is 1. The van der Waals surface area contributed by atoms with E-state index in [1.807, 2.05) is 0 Å². The highest BCUT2D eigenvalue weighted by Crippen LogP contribution is 2.47. The Morgan fingerprint density at radius 3 is 2.41 bits per heavy atom. The number of rotatable bonds is 5. The number of allylic oxidation sites excluding steroid dienone is 2. The van der Waals surface area contributed by atoms with Crippen molar-refractivity contribution in [1.29, 1.82) is 0 Å². The fourth-order valence-corrected chi connectivity index (χ4v) is 4.44. The quantitative estimate of drug-likeness (QED) is 0.556. The summed E-state index contributed by atoms with van der Waals surface area (Å²) in [4.78, 5) is 38.5. The van der Waals surface area contributed by atoms with Gasteiger partial charge >= 0.3 is 0 Å². The summed E-state index contributed by atoms with van der Waals surface area (Å²) in [6.45, 7) is 0. The van der Waals surface area contributed by atoms with E-state index in [4.69, 9.17) is 9.47 Å². The number of benzene rings is 2. The van der Waals surface area contributed by atoms with Crippen molar-refractivity contribution < 1.29 is 29.1 Å². The molecule has 4 rings (SSSR count). The van der Waals surface area contributed by atoms with Crippen LogP contribution in [0.2, 0.25) is 0 Å². The molecule has 9 heteroatoms. The van der Waals surface area contributed by atoms with Gasteiger partial charge in [0.05, 0.1) is 24.8 Å². The normalized spacial score (nSPS) is 18.4. The Hall–Kier alpha value is -3.88. The highest BCUT2D eigenvalue weighted by atomic mass is 16.6. The number of phenolic OH excluding ortho intramolecular Hbond substituents is 1. The SMILES string of the molecule is COc1cc(C2CC(=O)N(c3cccc([N+](=O)[O-])c3)C3=C2C(=O)CCC3)cc(OC)c1O. The fourth-order valence-electron chi connectivity index (χ4n) is 4.44. The number of nitro benzene ring substituents is 1. The molecular formula is C23H22N2O7. The van der Waals surface area contributed by atoms with Gasteiger partial charge < -0.3 is 14.6 Å². The number of nitro groups is 1. The summed E-state index contributed by atoms with van der Waals surface area (Å²) in [6, 6.07) is 9.05. The average molecular weight is 438 g/mol. The Morgan fingerprint density at radius 1 is 1.09 bits per heavy atom. The number of phenols is 1. The summed E-state index contributed by atoms with van der Waals surface area (Å²) in [5.74, 6) is -0.677. The maximum atomic E-state index is 13.3. The first-order chi connectivity index (χ1) is 15.3. The average Bonchev–Trinajstić information content (AvgIpc) is 2.79. The van der Waals surface area contributed by atoms with Gasteiger partial charge in [0.1, 0.15) is 0 Å². The maximum Gasteiger partial charge on any atom is 0.271 e. The monoisotopic (exact) mass is 438 g/mol. The minimum absolute atomic E-state index is 0.00957. The van der Waals surface area contributed by atoms with E-state index in [-0.39, 0.29) is 41.0 Å². The maximum absolute atomic E-state index is 13.3. The van der Waals surface area contributed by atoms with Crippen LogP contribution in [0.1, 0.15) is 37.2 Å². The molecule has 0 radical (unpaired) electrons. The molecule has 0 aromatic heterocycles. The van der Waals surface area contributed by atoms with Gasteiger partial charge in [-0.15, -0.1) is 0 Å². The van der Waals surface area contributed by atoms with Crippen molar-refractivity contribution in [3.8, 4) is 17.2 Å². The van der Waals surface area contributed by atoms with Gasteiger partial charge in [0, 0.05) is 42.2 Å². The number of carbonyl (C=O) groups is 2. The predicted molar refractivity (Wildman–Crippen MR) is 115 cm³/mol. The van der Waals surface area contributed by atoms with E-state index < -0.39 is 10.8 Å². The Balaban J connectivity index is 1.88. The molecule has 0 bridgehead atoms. The van der Waals surface area contributed by atoms with Crippen LogP contribution < -0.4 is 14.4 Å². The van der Waals surface area contributed by atoms with Gasteiger partial charge in [-0.05, 0) is 36.6 Å². The van der Waals surface area contributed by atoms with E-state index in [1.165, 1.54) is 37.3 Å². The third kappa shape index (κ3) is 3.55. The van der Waals surface area contributed by atoms with Gasteiger partial charge in [-0.3, -0.25) is 24.6 Å². The number of Topliss-reactive ketones (excluding diaryl/α,β-unsaturated/α-hetero) is 1. The molecule has 0 spiro atoms. The zero-order valence-electron chi connectivity index (χ0n) is 17.7. The van der Waals surface area contributed by atoms with Crippen molar-refractivity contribution in [3.05, 3.63) is 63.3 Å². The van der Waals surface area contributed by atoms with Crippen molar-refractivity contribution in [2.24, 2.45) is 0 Å². The van der Waals surface area contributed by atoms with Gasteiger partial charge in [-0.2, -0.15) is 0 Å². The summed E-state index contributed by atoms with van der Waals surface area (Å²) in [5.41, 5.74) is 1.93. The minimum Gasteiger partial charge on any atom is -0.502 e. The highest BCUT2D eigenvalue weighted by molar-refractivity contribution is 6.07. The first-order valence-corrected chi connectivity index (χ1v) is 10.1. The van der Waals surface area contributed by atoms with Crippen LogP contribution in [0.25, 0.3) is 0 Å². The Kier molecular flexibility index (Phi) is 5.56. The molecule has 0 saturated carbocycles. The number of anilines is 1. The highest BCUT2D eigenvalue weighted by Gasteiger charge is 2.40. The molecule has 1 N–H and O–H groups in total. The van der Waals surface area contributed by atoms with Crippen LogP contribution in [0.5, 0.6) is 17.2 Å². The van der Waals surface area contributed by atoms with Crippen LogP contribution in [0.15, 0.2) is 47.7 Å². The first-order valence-electron chi connectivity index (χ1n) is 10.1. The third-order valence-corrected chi connectivity index (χ3v) is 5.88. The van der Waals surface area contributed by atoms with Crippen LogP contribution in [0.4, 0.5) is 11.4 Å².